The molecule has 4 rings (SSSR count). The minimum absolute atomic E-state index is 0.143. The Morgan fingerprint density at radius 1 is 1.14 bits per heavy atom. The van der Waals surface area contributed by atoms with E-state index >= 15 is 0 Å². The van der Waals surface area contributed by atoms with E-state index in [1.807, 2.05) is 60.1 Å². The smallest absolute Gasteiger partial charge is 0.253 e. The zero-order valence-corrected chi connectivity index (χ0v) is 16.3. The number of carbonyl (C=O) groups excluding carboxylic acids is 1. The molecule has 1 amide bonds. The molecule has 0 aliphatic carbocycles. The standard InChI is InChI=1S/C20H25N7O/c1-25(2)19-22-17(23-20(24-19)26-9-5-3-6-10-26)13-21-18(28)15-12-16-8-4-7-11-27(16)14-15/h4,7-8,11-12,14H,3,5-6,9-10,13H2,1-2H3,(H,21,28). The lowest BCUT2D eigenvalue weighted by Crippen LogP contribution is -2.32. The molecule has 4 heterocycles. The second kappa shape index (κ2) is 7.84. The van der Waals surface area contributed by atoms with Crippen molar-refractivity contribution in [1.29, 1.82) is 0 Å². The summed E-state index contributed by atoms with van der Waals surface area (Å²) >= 11 is 0. The van der Waals surface area contributed by atoms with Gasteiger partial charge in [0.25, 0.3) is 5.91 Å². The van der Waals surface area contributed by atoms with Crippen molar-refractivity contribution in [1.82, 2.24) is 24.7 Å². The highest BCUT2D eigenvalue weighted by atomic mass is 16.1. The number of rotatable bonds is 5. The molecule has 0 atom stereocenters. The van der Waals surface area contributed by atoms with Gasteiger partial charge in [-0.1, -0.05) is 6.07 Å². The third kappa shape index (κ3) is 3.90. The Bertz CT molecular complexity index is 943. The van der Waals surface area contributed by atoms with Crippen LogP contribution in [0.4, 0.5) is 11.9 Å². The van der Waals surface area contributed by atoms with E-state index in [0.717, 1.165) is 31.4 Å². The Balaban J connectivity index is 1.51. The molecular formula is C20H25N7O. The third-order valence-corrected chi connectivity index (χ3v) is 4.87. The number of fused-ring (bicyclic) bond motifs is 1. The van der Waals surface area contributed by atoms with E-state index in [1.54, 1.807) is 0 Å². The first-order valence-corrected chi connectivity index (χ1v) is 9.62. The summed E-state index contributed by atoms with van der Waals surface area (Å²) in [5.74, 6) is 1.72. The number of piperidine rings is 1. The fraction of sp³-hybridized carbons (Fsp3) is 0.400. The molecule has 1 saturated heterocycles. The van der Waals surface area contributed by atoms with Crippen LogP contribution in [0.15, 0.2) is 36.7 Å². The van der Waals surface area contributed by atoms with Crippen molar-refractivity contribution in [2.24, 2.45) is 0 Å². The fourth-order valence-corrected chi connectivity index (χ4v) is 3.35. The molecule has 1 aliphatic heterocycles. The van der Waals surface area contributed by atoms with E-state index in [9.17, 15) is 4.79 Å². The SMILES string of the molecule is CN(C)c1nc(CNC(=O)c2cc3ccccn3c2)nc(N2CCCCC2)n1. The van der Waals surface area contributed by atoms with E-state index in [2.05, 4.69) is 25.2 Å². The van der Waals surface area contributed by atoms with Crippen LogP contribution < -0.4 is 15.1 Å². The first kappa shape index (κ1) is 18.2. The Morgan fingerprint density at radius 3 is 2.71 bits per heavy atom. The zero-order valence-electron chi connectivity index (χ0n) is 16.3. The molecule has 1 aliphatic rings. The molecule has 0 spiro atoms. The first-order valence-electron chi connectivity index (χ1n) is 9.62. The average Bonchev–Trinajstić information content (AvgIpc) is 3.17. The van der Waals surface area contributed by atoms with Gasteiger partial charge >= 0.3 is 0 Å². The summed E-state index contributed by atoms with van der Waals surface area (Å²) < 4.78 is 1.93. The first-order chi connectivity index (χ1) is 13.6. The number of hydrogen-bond acceptors (Lipinski definition) is 6. The van der Waals surface area contributed by atoms with Crippen molar-refractivity contribution >= 4 is 23.3 Å². The number of amides is 1. The van der Waals surface area contributed by atoms with Gasteiger partial charge in [0.05, 0.1) is 12.1 Å². The quantitative estimate of drug-likeness (QED) is 0.732. The molecule has 8 heteroatoms. The highest BCUT2D eigenvalue weighted by Crippen LogP contribution is 2.18. The molecule has 1 N–H and O–H groups in total. The highest BCUT2D eigenvalue weighted by Gasteiger charge is 2.17. The Kier molecular flexibility index (Phi) is 5.10. The summed E-state index contributed by atoms with van der Waals surface area (Å²) in [7, 11) is 3.81. The number of hydrogen-bond donors (Lipinski definition) is 1. The van der Waals surface area contributed by atoms with Crippen molar-refractivity contribution in [3.05, 3.63) is 48.0 Å². The lowest BCUT2D eigenvalue weighted by atomic mass is 10.1. The van der Waals surface area contributed by atoms with Crippen LogP contribution >= 0.6 is 0 Å². The number of pyridine rings is 1. The van der Waals surface area contributed by atoms with Crippen molar-refractivity contribution in [2.75, 3.05) is 37.0 Å². The molecule has 0 bridgehead atoms. The van der Waals surface area contributed by atoms with Gasteiger partial charge in [-0.2, -0.15) is 15.0 Å². The predicted molar refractivity (Wildman–Crippen MR) is 109 cm³/mol. The van der Waals surface area contributed by atoms with Crippen LogP contribution in [0.25, 0.3) is 5.52 Å². The third-order valence-electron chi connectivity index (χ3n) is 4.87. The molecule has 0 saturated carbocycles. The van der Waals surface area contributed by atoms with Crippen molar-refractivity contribution in [3.63, 3.8) is 0 Å². The molecule has 0 aromatic carbocycles. The molecule has 3 aromatic heterocycles. The second-order valence-electron chi connectivity index (χ2n) is 7.24. The molecule has 28 heavy (non-hydrogen) atoms. The van der Waals surface area contributed by atoms with Crippen molar-refractivity contribution in [3.8, 4) is 0 Å². The maximum Gasteiger partial charge on any atom is 0.253 e. The van der Waals surface area contributed by atoms with E-state index < -0.39 is 0 Å². The van der Waals surface area contributed by atoms with Gasteiger partial charge in [-0.25, -0.2) is 0 Å². The molecule has 146 valence electrons. The van der Waals surface area contributed by atoms with E-state index in [-0.39, 0.29) is 12.5 Å². The second-order valence-corrected chi connectivity index (χ2v) is 7.24. The summed E-state index contributed by atoms with van der Waals surface area (Å²) in [6.45, 7) is 2.18. The van der Waals surface area contributed by atoms with Gasteiger partial charge < -0.3 is 19.5 Å². The zero-order chi connectivity index (χ0) is 19.5. The van der Waals surface area contributed by atoms with Crippen LogP contribution in [0.3, 0.4) is 0 Å². The summed E-state index contributed by atoms with van der Waals surface area (Å²) in [5.41, 5.74) is 1.60. The summed E-state index contributed by atoms with van der Waals surface area (Å²) in [6, 6.07) is 7.72. The van der Waals surface area contributed by atoms with Crippen LogP contribution in [-0.2, 0) is 6.54 Å². The number of nitrogens with one attached hydrogen (secondary N) is 1. The highest BCUT2D eigenvalue weighted by molar-refractivity contribution is 5.95. The summed E-state index contributed by atoms with van der Waals surface area (Å²) in [4.78, 5) is 30.3. The predicted octanol–water partition coefficient (Wildman–Crippen LogP) is 2.11. The molecule has 0 radical (unpaired) electrons. The monoisotopic (exact) mass is 379 g/mol. The molecule has 1 fully saturated rings. The van der Waals surface area contributed by atoms with Crippen molar-refractivity contribution < 1.29 is 4.79 Å². The van der Waals surface area contributed by atoms with Crippen LogP contribution in [0.5, 0.6) is 0 Å². The van der Waals surface area contributed by atoms with E-state index in [0.29, 0.717) is 23.3 Å². The lowest BCUT2D eigenvalue weighted by molar-refractivity contribution is 0.0950. The summed E-state index contributed by atoms with van der Waals surface area (Å²) in [6.07, 6.45) is 7.29. The van der Waals surface area contributed by atoms with Gasteiger partial charge in [0, 0.05) is 45.1 Å². The largest absolute Gasteiger partial charge is 0.347 e. The average molecular weight is 379 g/mol. The number of nitrogens with zero attached hydrogens (tertiary/aromatic N) is 6. The molecule has 0 unspecified atom stereocenters. The van der Waals surface area contributed by atoms with Gasteiger partial charge in [0.1, 0.15) is 0 Å². The van der Waals surface area contributed by atoms with Crippen LogP contribution in [0, 0.1) is 0 Å². The van der Waals surface area contributed by atoms with Crippen LogP contribution in [0.2, 0.25) is 0 Å². The number of carbonyl (C=O) groups is 1. The Morgan fingerprint density at radius 2 is 1.96 bits per heavy atom. The van der Waals surface area contributed by atoms with Gasteiger partial charge in [-0.05, 0) is 37.5 Å². The maximum absolute atomic E-state index is 12.6. The molecule has 8 nitrogen and oxygen atoms in total. The minimum Gasteiger partial charge on any atom is -0.347 e. The summed E-state index contributed by atoms with van der Waals surface area (Å²) in [5, 5.41) is 2.93. The lowest BCUT2D eigenvalue weighted by Gasteiger charge is -2.27. The molecule has 3 aromatic rings. The number of aromatic nitrogens is 4. The normalized spacial score (nSPS) is 14.3. The van der Waals surface area contributed by atoms with Crippen LogP contribution in [0.1, 0.15) is 35.4 Å². The Labute approximate surface area is 164 Å². The molecular weight excluding hydrogens is 354 g/mol. The Hall–Kier alpha value is -3.16. The minimum atomic E-state index is -0.143. The fourth-order valence-electron chi connectivity index (χ4n) is 3.35. The van der Waals surface area contributed by atoms with Crippen molar-refractivity contribution in [2.45, 2.75) is 25.8 Å². The van der Waals surface area contributed by atoms with Gasteiger partial charge in [-0.15, -0.1) is 0 Å². The van der Waals surface area contributed by atoms with E-state index in [1.165, 1.54) is 6.42 Å². The number of anilines is 2. The van der Waals surface area contributed by atoms with Gasteiger partial charge in [-0.3, -0.25) is 4.79 Å². The maximum atomic E-state index is 12.6. The van der Waals surface area contributed by atoms with E-state index in [4.69, 9.17) is 0 Å². The van der Waals surface area contributed by atoms with Gasteiger partial charge in [0.15, 0.2) is 5.82 Å². The topological polar surface area (TPSA) is 78.7 Å². The van der Waals surface area contributed by atoms with Gasteiger partial charge in [0.2, 0.25) is 11.9 Å². The van der Waals surface area contributed by atoms with Crippen LogP contribution in [-0.4, -0.2) is 52.4 Å².